The molecule has 2 rings (SSSR count). The third-order valence-electron chi connectivity index (χ3n) is 2.07. The van der Waals surface area contributed by atoms with Crippen LogP contribution in [0.5, 0.6) is 0 Å². The van der Waals surface area contributed by atoms with E-state index >= 15 is 0 Å². The SMILES string of the molecule is Cn1c(=O)[nH]c2ccc(C=O)cc21. The van der Waals surface area contributed by atoms with Crippen LogP contribution in [-0.2, 0) is 7.05 Å². The van der Waals surface area contributed by atoms with Crippen molar-refractivity contribution >= 4 is 17.3 Å². The lowest BCUT2D eigenvalue weighted by molar-refractivity contribution is 0.112. The summed E-state index contributed by atoms with van der Waals surface area (Å²) >= 11 is 0. The Labute approximate surface area is 73.8 Å². The van der Waals surface area contributed by atoms with Crippen LogP contribution in [0.1, 0.15) is 10.4 Å². The van der Waals surface area contributed by atoms with Crippen LogP contribution in [0.15, 0.2) is 23.0 Å². The fraction of sp³-hybridized carbons (Fsp3) is 0.111. The van der Waals surface area contributed by atoms with E-state index in [-0.39, 0.29) is 5.69 Å². The van der Waals surface area contributed by atoms with E-state index in [4.69, 9.17) is 0 Å². The second-order valence-electron chi connectivity index (χ2n) is 2.88. The first-order valence-corrected chi connectivity index (χ1v) is 3.86. The number of hydrogen-bond donors (Lipinski definition) is 1. The van der Waals surface area contributed by atoms with Crippen molar-refractivity contribution in [2.24, 2.45) is 7.05 Å². The molecule has 1 N–H and O–H groups in total. The normalized spacial score (nSPS) is 10.5. The van der Waals surface area contributed by atoms with Crippen molar-refractivity contribution < 1.29 is 4.79 Å². The molecular formula is C9H8N2O2. The molecule has 0 unspecified atom stereocenters. The zero-order chi connectivity index (χ0) is 9.42. The quantitative estimate of drug-likeness (QED) is 0.649. The molecule has 1 heterocycles. The van der Waals surface area contributed by atoms with Crippen LogP contribution in [0.3, 0.4) is 0 Å². The number of aryl methyl sites for hydroxylation is 1. The fourth-order valence-corrected chi connectivity index (χ4v) is 1.31. The number of nitrogens with one attached hydrogen (secondary N) is 1. The first-order chi connectivity index (χ1) is 6.22. The van der Waals surface area contributed by atoms with Crippen LogP contribution in [0.4, 0.5) is 0 Å². The van der Waals surface area contributed by atoms with Crippen molar-refractivity contribution in [3.05, 3.63) is 34.2 Å². The van der Waals surface area contributed by atoms with Gasteiger partial charge in [0.15, 0.2) is 0 Å². The van der Waals surface area contributed by atoms with E-state index in [9.17, 15) is 9.59 Å². The molecule has 0 fully saturated rings. The van der Waals surface area contributed by atoms with Gasteiger partial charge in [-0.2, -0.15) is 0 Å². The van der Waals surface area contributed by atoms with Crippen molar-refractivity contribution in [1.82, 2.24) is 9.55 Å². The zero-order valence-corrected chi connectivity index (χ0v) is 7.07. The smallest absolute Gasteiger partial charge is 0.306 e. The topological polar surface area (TPSA) is 54.9 Å². The predicted octanol–water partition coefficient (Wildman–Crippen LogP) is 0.679. The van der Waals surface area contributed by atoms with Crippen LogP contribution in [0.25, 0.3) is 11.0 Å². The highest BCUT2D eigenvalue weighted by Crippen LogP contribution is 2.10. The Balaban J connectivity index is 2.89. The molecule has 4 heteroatoms. The molecule has 0 spiro atoms. The highest BCUT2D eigenvalue weighted by Gasteiger charge is 2.02. The summed E-state index contributed by atoms with van der Waals surface area (Å²) in [5.74, 6) is 0. The number of aromatic nitrogens is 2. The number of carbonyl (C=O) groups is 1. The van der Waals surface area contributed by atoms with Gasteiger partial charge < -0.3 is 4.98 Å². The van der Waals surface area contributed by atoms with E-state index in [0.29, 0.717) is 5.56 Å². The van der Waals surface area contributed by atoms with Crippen molar-refractivity contribution in [2.45, 2.75) is 0 Å². The number of carbonyl (C=O) groups excluding carboxylic acids is 1. The Morgan fingerprint density at radius 1 is 1.46 bits per heavy atom. The molecule has 0 aliphatic rings. The third kappa shape index (κ3) is 1.07. The van der Waals surface area contributed by atoms with Gasteiger partial charge in [0, 0.05) is 12.6 Å². The lowest BCUT2D eigenvalue weighted by atomic mass is 10.2. The fourth-order valence-electron chi connectivity index (χ4n) is 1.31. The number of H-pyrrole nitrogens is 1. The van der Waals surface area contributed by atoms with E-state index in [1.165, 1.54) is 4.57 Å². The summed E-state index contributed by atoms with van der Waals surface area (Å²) in [6.07, 6.45) is 0.761. The molecule has 0 amide bonds. The first-order valence-electron chi connectivity index (χ1n) is 3.86. The van der Waals surface area contributed by atoms with Crippen molar-refractivity contribution in [2.75, 3.05) is 0 Å². The molecule has 66 valence electrons. The summed E-state index contributed by atoms with van der Waals surface area (Å²) in [5.41, 5.74) is 1.90. The number of rotatable bonds is 1. The first kappa shape index (κ1) is 7.79. The summed E-state index contributed by atoms with van der Waals surface area (Å²) in [6, 6.07) is 5.08. The maximum absolute atomic E-state index is 11.2. The predicted molar refractivity (Wildman–Crippen MR) is 48.9 cm³/mol. The van der Waals surface area contributed by atoms with E-state index in [1.54, 1.807) is 25.2 Å². The second-order valence-corrected chi connectivity index (χ2v) is 2.88. The van der Waals surface area contributed by atoms with Crippen LogP contribution in [-0.4, -0.2) is 15.8 Å². The van der Waals surface area contributed by atoms with Gasteiger partial charge in [-0.25, -0.2) is 4.79 Å². The highest BCUT2D eigenvalue weighted by molar-refractivity contribution is 5.84. The summed E-state index contributed by atoms with van der Waals surface area (Å²) < 4.78 is 1.47. The molecule has 0 aliphatic heterocycles. The van der Waals surface area contributed by atoms with Crippen molar-refractivity contribution in [3.63, 3.8) is 0 Å². The molecule has 0 aliphatic carbocycles. The number of imidazole rings is 1. The minimum absolute atomic E-state index is 0.168. The molecule has 0 radical (unpaired) electrons. The van der Waals surface area contributed by atoms with E-state index in [2.05, 4.69) is 4.98 Å². The number of fused-ring (bicyclic) bond motifs is 1. The van der Waals surface area contributed by atoms with Crippen molar-refractivity contribution in [1.29, 1.82) is 0 Å². The van der Waals surface area contributed by atoms with Gasteiger partial charge >= 0.3 is 5.69 Å². The minimum atomic E-state index is -0.168. The summed E-state index contributed by atoms with van der Waals surface area (Å²) in [5, 5.41) is 0. The zero-order valence-electron chi connectivity index (χ0n) is 7.07. The maximum Gasteiger partial charge on any atom is 0.326 e. The van der Waals surface area contributed by atoms with E-state index < -0.39 is 0 Å². The lowest BCUT2D eigenvalue weighted by Crippen LogP contribution is -2.11. The molecule has 13 heavy (non-hydrogen) atoms. The van der Waals surface area contributed by atoms with Crippen LogP contribution in [0.2, 0.25) is 0 Å². The van der Waals surface area contributed by atoms with E-state index in [0.717, 1.165) is 17.3 Å². The van der Waals surface area contributed by atoms with Gasteiger partial charge in [-0.1, -0.05) is 0 Å². The van der Waals surface area contributed by atoms with Gasteiger partial charge in [0.05, 0.1) is 11.0 Å². The molecule has 0 atom stereocenters. The monoisotopic (exact) mass is 176 g/mol. The Kier molecular flexibility index (Phi) is 1.55. The van der Waals surface area contributed by atoms with Gasteiger partial charge in [0.1, 0.15) is 6.29 Å². The summed E-state index contributed by atoms with van der Waals surface area (Å²) in [7, 11) is 1.66. The number of nitrogens with zero attached hydrogens (tertiary/aromatic N) is 1. The Morgan fingerprint density at radius 3 is 2.92 bits per heavy atom. The molecule has 0 saturated carbocycles. The van der Waals surface area contributed by atoms with Gasteiger partial charge in [-0.3, -0.25) is 9.36 Å². The molecule has 1 aromatic heterocycles. The summed E-state index contributed by atoms with van der Waals surface area (Å²) in [4.78, 5) is 24.3. The van der Waals surface area contributed by atoms with Crippen LogP contribution < -0.4 is 5.69 Å². The molecule has 2 aromatic rings. The lowest BCUT2D eigenvalue weighted by Gasteiger charge is -1.93. The Morgan fingerprint density at radius 2 is 2.23 bits per heavy atom. The molecule has 0 saturated heterocycles. The average molecular weight is 176 g/mol. The second kappa shape index (κ2) is 2.58. The number of hydrogen-bond acceptors (Lipinski definition) is 2. The van der Waals surface area contributed by atoms with Gasteiger partial charge in [-0.05, 0) is 18.2 Å². The number of aldehydes is 1. The molecule has 4 nitrogen and oxygen atoms in total. The molecule has 1 aromatic carbocycles. The van der Waals surface area contributed by atoms with Gasteiger partial charge in [-0.15, -0.1) is 0 Å². The Bertz CT molecular complexity index is 522. The highest BCUT2D eigenvalue weighted by atomic mass is 16.1. The number of benzene rings is 1. The maximum atomic E-state index is 11.2. The van der Waals surface area contributed by atoms with Crippen molar-refractivity contribution in [3.8, 4) is 0 Å². The number of aromatic amines is 1. The van der Waals surface area contributed by atoms with Gasteiger partial charge in [0.2, 0.25) is 0 Å². The molecular weight excluding hydrogens is 168 g/mol. The largest absolute Gasteiger partial charge is 0.326 e. The van der Waals surface area contributed by atoms with Crippen LogP contribution >= 0.6 is 0 Å². The standard InChI is InChI=1S/C9H8N2O2/c1-11-8-4-6(5-12)2-3-7(8)10-9(11)13/h2-5H,1H3,(H,10,13). The summed E-state index contributed by atoms with van der Waals surface area (Å²) in [6.45, 7) is 0. The Hall–Kier alpha value is -1.84. The van der Waals surface area contributed by atoms with Gasteiger partial charge in [0.25, 0.3) is 0 Å². The third-order valence-corrected chi connectivity index (χ3v) is 2.07. The average Bonchev–Trinajstić information content (AvgIpc) is 2.43. The van der Waals surface area contributed by atoms with E-state index in [1.807, 2.05) is 0 Å². The van der Waals surface area contributed by atoms with Crippen LogP contribution in [0, 0.1) is 0 Å². The molecule has 0 bridgehead atoms. The minimum Gasteiger partial charge on any atom is -0.306 e.